The van der Waals surface area contributed by atoms with Crippen LogP contribution < -0.4 is 5.32 Å². The number of carbonyl (C=O) groups is 1. The fourth-order valence-corrected chi connectivity index (χ4v) is 3.38. The van der Waals surface area contributed by atoms with Crippen LogP contribution in [0.1, 0.15) is 30.0 Å². The molecule has 146 valence electrons. The average Bonchev–Trinajstić information content (AvgIpc) is 3.17. The molecule has 0 spiro atoms. The van der Waals surface area contributed by atoms with Gasteiger partial charge in [0, 0.05) is 11.6 Å². The van der Waals surface area contributed by atoms with Crippen molar-refractivity contribution in [3.8, 4) is 11.5 Å². The summed E-state index contributed by atoms with van der Waals surface area (Å²) in [4.78, 5) is 12.2. The molecule has 3 rings (SSSR count). The second-order valence-electron chi connectivity index (χ2n) is 6.95. The second-order valence-corrected chi connectivity index (χ2v) is 7.88. The van der Waals surface area contributed by atoms with Crippen molar-refractivity contribution in [2.24, 2.45) is 0 Å². The van der Waals surface area contributed by atoms with Gasteiger partial charge in [0.2, 0.25) is 11.8 Å². The van der Waals surface area contributed by atoms with Crippen LogP contribution in [0.25, 0.3) is 11.5 Å². The number of hydrogen-bond donors (Lipinski definition) is 1. The maximum absolute atomic E-state index is 12.2. The highest BCUT2D eigenvalue weighted by Crippen LogP contribution is 2.24. The second kappa shape index (κ2) is 9.55. The zero-order chi connectivity index (χ0) is 19.9. The molecule has 28 heavy (non-hydrogen) atoms. The van der Waals surface area contributed by atoms with Crippen molar-refractivity contribution in [2.75, 3.05) is 5.75 Å². The van der Waals surface area contributed by atoms with Gasteiger partial charge in [-0.2, -0.15) is 0 Å². The molecule has 2 aromatic carbocycles. The summed E-state index contributed by atoms with van der Waals surface area (Å²) in [5, 5.41) is 11.6. The largest absolute Gasteiger partial charge is 0.411 e. The van der Waals surface area contributed by atoms with Gasteiger partial charge in [-0.15, -0.1) is 10.2 Å². The number of nitrogens with one attached hydrogen (secondary N) is 1. The average molecular weight is 396 g/mol. The first-order valence-electron chi connectivity index (χ1n) is 9.38. The van der Waals surface area contributed by atoms with Gasteiger partial charge in [0.15, 0.2) is 0 Å². The van der Waals surface area contributed by atoms with Crippen LogP contribution >= 0.6 is 11.8 Å². The van der Waals surface area contributed by atoms with Gasteiger partial charge in [-0.05, 0) is 62.4 Å². The molecule has 0 aliphatic heterocycles. The highest BCUT2D eigenvalue weighted by Gasteiger charge is 2.13. The van der Waals surface area contributed by atoms with Crippen LogP contribution in [0.4, 0.5) is 0 Å². The van der Waals surface area contributed by atoms with E-state index in [4.69, 9.17) is 4.42 Å². The molecular formula is C22H25N3O2S. The van der Waals surface area contributed by atoms with E-state index in [0.29, 0.717) is 11.1 Å². The standard InChI is InChI=1S/C22H25N3O2S/c1-15-9-12-19(13-16(15)2)21-24-25-22(27-21)28-14-20(26)23-17(3)10-11-18-7-5-4-6-8-18/h4-9,12-13,17H,10-11,14H2,1-3H3,(H,23,26). The molecule has 3 aromatic rings. The molecular weight excluding hydrogens is 370 g/mol. The molecule has 0 radical (unpaired) electrons. The van der Waals surface area contributed by atoms with Crippen LogP contribution in [-0.4, -0.2) is 27.9 Å². The third-order valence-corrected chi connectivity index (χ3v) is 5.42. The first-order valence-corrected chi connectivity index (χ1v) is 10.4. The predicted octanol–water partition coefficient (Wildman–Crippen LogP) is 4.58. The van der Waals surface area contributed by atoms with Crippen LogP contribution in [0.5, 0.6) is 0 Å². The Kier molecular flexibility index (Phi) is 6.87. The smallest absolute Gasteiger partial charge is 0.277 e. The third-order valence-electron chi connectivity index (χ3n) is 4.60. The summed E-state index contributed by atoms with van der Waals surface area (Å²) in [7, 11) is 0. The van der Waals surface area contributed by atoms with Crippen LogP contribution in [0.15, 0.2) is 58.2 Å². The number of amides is 1. The highest BCUT2D eigenvalue weighted by atomic mass is 32.2. The molecule has 1 heterocycles. The van der Waals surface area contributed by atoms with E-state index in [1.807, 2.05) is 50.2 Å². The van der Waals surface area contributed by atoms with Gasteiger partial charge in [-0.1, -0.05) is 48.2 Å². The number of benzene rings is 2. The molecule has 0 aliphatic rings. The quantitative estimate of drug-likeness (QED) is 0.565. The molecule has 1 atom stereocenters. The Morgan fingerprint density at radius 1 is 1.11 bits per heavy atom. The van der Waals surface area contributed by atoms with E-state index in [1.54, 1.807) is 0 Å². The lowest BCUT2D eigenvalue weighted by Crippen LogP contribution is -2.34. The Balaban J connectivity index is 1.45. The molecule has 0 bridgehead atoms. The molecule has 0 aliphatic carbocycles. The van der Waals surface area contributed by atoms with E-state index >= 15 is 0 Å². The minimum absolute atomic E-state index is 0.0310. The molecule has 0 saturated carbocycles. The Morgan fingerprint density at radius 2 is 1.89 bits per heavy atom. The van der Waals surface area contributed by atoms with Crippen molar-refractivity contribution in [1.82, 2.24) is 15.5 Å². The van der Waals surface area contributed by atoms with Crippen LogP contribution in [0.2, 0.25) is 0 Å². The monoisotopic (exact) mass is 395 g/mol. The lowest BCUT2D eigenvalue weighted by Gasteiger charge is -2.13. The van der Waals surface area contributed by atoms with E-state index in [-0.39, 0.29) is 17.7 Å². The lowest BCUT2D eigenvalue weighted by molar-refractivity contribution is -0.119. The Morgan fingerprint density at radius 3 is 2.64 bits per heavy atom. The van der Waals surface area contributed by atoms with Gasteiger partial charge < -0.3 is 9.73 Å². The maximum Gasteiger partial charge on any atom is 0.277 e. The number of rotatable bonds is 8. The lowest BCUT2D eigenvalue weighted by atomic mass is 10.1. The van der Waals surface area contributed by atoms with Crippen molar-refractivity contribution < 1.29 is 9.21 Å². The molecule has 5 nitrogen and oxygen atoms in total. The molecule has 1 amide bonds. The van der Waals surface area contributed by atoms with Crippen molar-refractivity contribution in [2.45, 2.75) is 44.9 Å². The van der Waals surface area contributed by atoms with Gasteiger partial charge in [-0.3, -0.25) is 4.79 Å². The molecule has 1 unspecified atom stereocenters. The third kappa shape index (κ3) is 5.70. The number of aryl methyl sites for hydroxylation is 3. The number of thioether (sulfide) groups is 1. The van der Waals surface area contributed by atoms with E-state index in [2.05, 4.69) is 34.6 Å². The van der Waals surface area contributed by atoms with Gasteiger partial charge in [0.05, 0.1) is 5.75 Å². The van der Waals surface area contributed by atoms with Crippen LogP contribution in [0.3, 0.4) is 0 Å². The zero-order valence-electron chi connectivity index (χ0n) is 16.4. The van der Waals surface area contributed by atoms with Crippen molar-refractivity contribution in [1.29, 1.82) is 0 Å². The summed E-state index contributed by atoms with van der Waals surface area (Å²) in [6.07, 6.45) is 1.84. The normalized spacial score (nSPS) is 12.0. The molecule has 1 aromatic heterocycles. The highest BCUT2D eigenvalue weighted by molar-refractivity contribution is 7.99. The molecule has 0 saturated heterocycles. The summed E-state index contributed by atoms with van der Waals surface area (Å²) >= 11 is 1.26. The fourth-order valence-electron chi connectivity index (χ4n) is 2.80. The molecule has 6 heteroatoms. The van der Waals surface area contributed by atoms with Gasteiger partial charge in [0.25, 0.3) is 5.22 Å². The van der Waals surface area contributed by atoms with Crippen molar-refractivity contribution in [3.63, 3.8) is 0 Å². The summed E-state index contributed by atoms with van der Waals surface area (Å²) < 4.78 is 5.69. The zero-order valence-corrected chi connectivity index (χ0v) is 17.3. The minimum Gasteiger partial charge on any atom is -0.411 e. The van der Waals surface area contributed by atoms with E-state index in [9.17, 15) is 4.79 Å². The van der Waals surface area contributed by atoms with Crippen LogP contribution in [0, 0.1) is 13.8 Å². The van der Waals surface area contributed by atoms with Crippen molar-refractivity contribution >= 4 is 17.7 Å². The SMILES string of the molecule is Cc1ccc(-c2nnc(SCC(=O)NC(C)CCc3ccccc3)o2)cc1C. The predicted molar refractivity (Wildman–Crippen MR) is 112 cm³/mol. The Hall–Kier alpha value is -2.60. The Bertz CT molecular complexity index is 925. The van der Waals surface area contributed by atoms with Gasteiger partial charge in [0.1, 0.15) is 0 Å². The summed E-state index contributed by atoms with van der Waals surface area (Å²) in [5.74, 6) is 0.697. The topological polar surface area (TPSA) is 68.0 Å². The van der Waals surface area contributed by atoms with Crippen molar-refractivity contribution in [3.05, 3.63) is 65.2 Å². The van der Waals surface area contributed by atoms with E-state index in [0.717, 1.165) is 18.4 Å². The maximum atomic E-state index is 12.2. The number of aromatic nitrogens is 2. The Labute approximate surface area is 170 Å². The first kappa shape index (κ1) is 20.1. The first-order chi connectivity index (χ1) is 13.5. The number of hydrogen-bond acceptors (Lipinski definition) is 5. The summed E-state index contributed by atoms with van der Waals surface area (Å²) in [5.41, 5.74) is 4.56. The van der Waals surface area contributed by atoms with E-state index in [1.165, 1.54) is 28.5 Å². The molecule has 0 fully saturated rings. The summed E-state index contributed by atoms with van der Waals surface area (Å²) in [6, 6.07) is 16.4. The molecule has 1 N–H and O–H groups in total. The minimum atomic E-state index is -0.0310. The van der Waals surface area contributed by atoms with E-state index < -0.39 is 0 Å². The number of nitrogens with zero attached hydrogens (tertiary/aromatic N) is 2. The summed E-state index contributed by atoms with van der Waals surface area (Å²) in [6.45, 7) is 6.14. The van der Waals surface area contributed by atoms with Gasteiger partial charge >= 0.3 is 0 Å². The van der Waals surface area contributed by atoms with Crippen LogP contribution in [-0.2, 0) is 11.2 Å². The van der Waals surface area contributed by atoms with Gasteiger partial charge in [-0.25, -0.2) is 0 Å². The number of carbonyl (C=O) groups excluding carboxylic acids is 1. The fraction of sp³-hybridized carbons (Fsp3) is 0.318.